The maximum atomic E-state index is 11.5. The molecule has 1 aromatic heterocycles. The zero-order chi connectivity index (χ0) is 29.7. The van der Waals surface area contributed by atoms with E-state index in [0.717, 1.165) is 34.5 Å². The predicted octanol–water partition coefficient (Wildman–Crippen LogP) is 9.87. The van der Waals surface area contributed by atoms with Crippen LogP contribution in [0.5, 0.6) is 0 Å². The number of fused-ring (bicyclic) bond motifs is 1. The van der Waals surface area contributed by atoms with Crippen LogP contribution < -0.4 is 0 Å². The molecular weight excluding hydrogens is 695 g/mol. The van der Waals surface area contributed by atoms with Crippen molar-refractivity contribution in [1.82, 2.24) is 4.98 Å². The standard InChI is InChI=1S/C27H28N.C11H20O2.Ir/c1-17-8-18(2)10-22(9-17)25-7-6-23-24(4-3-5-26(23)28-25)27-14-19-11-20(15-27)13-21(12-19)16-27;1-10(2,3)8(12)7-9(13)11(4,5)6;/h3-9,19-21H,11-16H2,1-2H3;7,12H,1-6H3;/q-1;;/b;8-7-;. The summed E-state index contributed by atoms with van der Waals surface area (Å²) in [7, 11) is 0. The SMILES string of the molecule is CC(C)(C)C(=O)/C=C(\O)C(C)(C)C.Cc1[c-]c(-c2ccc3c(C45CC6CC(CC(C6)C4)C5)cccc3n2)cc(C)c1.[Ir]. The minimum atomic E-state index is -0.417. The van der Waals surface area contributed by atoms with Crippen molar-refractivity contribution in [3.8, 4) is 11.3 Å². The maximum absolute atomic E-state index is 11.5. The molecule has 7 rings (SSSR count). The van der Waals surface area contributed by atoms with E-state index >= 15 is 0 Å². The second kappa shape index (κ2) is 12.0. The third kappa shape index (κ3) is 6.92. The van der Waals surface area contributed by atoms with E-state index in [9.17, 15) is 9.90 Å². The summed E-state index contributed by atoms with van der Waals surface area (Å²) >= 11 is 0. The number of hydrogen-bond donors (Lipinski definition) is 1. The van der Waals surface area contributed by atoms with Gasteiger partial charge < -0.3 is 5.11 Å². The van der Waals surface area contributed by atoms with Crippen LogP contribution in [-0.4, -0.2) is 15.9 Å². The fraction of sp³-hybridized carbons (Fsp3) is 0.526. The molecule has 4 saturated carbocycles. The number of carbonyl (C=O) groups is 1. The number of aliphatic hydroxyl groups is 1. The molecule has 1 heterocycles. The van der Waals surface area contributed by atoms with Crippen molar-refractivity contribution in [2.45, 2.75) is 99.3 Å². The van der Waals surface area contributed by atoms with Crippen LogP contribution >= 0.6 is 0 Å². The molecule has 4 fully saturated rings. The molecule has 4 aliphatic rings. The monoisotopic (exact) mass is 743 g/mol. The molecule has 4 heteroatoms. The number of aromatic nitrogens is 1. The number of allylic oxidation sites excluding steroid dienone is 2. The molecule has 0 amide bonds. The molecule has 0 saturated heterocycles. The molecule has 1 N–H and O–H groups in total. The van der Waals surface area contributed by atoms with Gasteiger partial charge in [-0.2, -0.15) is 0 Å². The number of pyridine rings is 1. The fourth-order valence-corrected chi connectivity index (χ4v) is 7.80. The van der Waals surface area contributed by atoms with Crippen LogP contribution in [0.3, 0.4) is 0 Å². The molecular formula is C38H48IrNO2-. The Bertz CT molecular complexity index is 1430. The number of rotatable bonds is 3. The van der Waals surface area contributed by atoms with Crippen molar-refractivity contribution in [3.05, 3.63) is 77.1 Å². The molecule has 0 spiro atoms. The summed E-state index contributed by atoms with van der Waals surface area (Å²) in [5, 5.41) is 10.9. The van der Waals surface area contributed by atoms with Crippen molar-refractivity contribution in [3.63, 3.8) is 0 Å². The Kier molecular flexibility index (Phi) is 9.32. The Morgan fingerprint density at radius 3 is 2.02 bits per heavy atom. The van der Waals surface area contributed by atoms with Crippen LogP contribution in [0.15, 0.2) is 54.3 Å². The first-order valence-corrected chi connectivity index (χ1v) is 15.5. The van der Waals surface area contributed by atoms with E-state index < -0.39 is 5.41 Å². The number of hydrogen-bond acceptors (Lipinski definition) is 3. The van der Waals surface area contributed by atoms with Gasteiger partial charge in [0.05, 0.1) is 5.52 Å². The summed E-state index contributed by atoms with van der Waals surface area (Å²) in [5.41, 5.74) is 7.01. The van der Waals surface area contributed by atoms with Crippen LogP contribution in [0, 0.1) is 48.5 Å². The normalized spacial score (nSPS) is 25.0. The van der Waals surface area contributed by atoms with Gasteiger partial charge in [-0.3, -0.25) is 9.78 Å². The predicted molar refractivity (Wildman–Crippen MR) is 170 cm³/mol. The largest absolute Gasteiger partial charge is 0.512 e. The Morgan fingerprint density at radius 2 is 1.50 bits per heavy atom. The second-order valence-corrected chi connectivity index (χ2v) is 15.4. The summed E-state index contributed by atoms with van der Waals surface area (Å²) in [6.07, 6.45) is 10.0. The Balaban J connectivity index is 0.000000249. The van der Waals surface area contributed by atoms with Gasteiger partial charge in [-0.1, -0.05) is 79.7 Å². The summed E-state index contributed by atoms with van der Waals surface area (Å²) < 4.78 is 0. The molecule has 0 atom stereocenters. The van der Waals surface area contributed by atoms with Crippen LogP contribution in [0.25, 0.3) is 22.2 Å². The average molecular weight is 743 g/mol. The van der Waals surface area contributed by atoms with Crippen molar-refractivity contribution >= 4 is 16.7 Å². The van der Waals surface area contributed by atoms with E-state index in [-0.39, 0.29) is 37.1 Å². The van der Waals surface area contributed by atoms with Crippen LogP contribution in [0.1, 0.15) is 96.8 Å². The quantitative estimate of drug-likeness (QED) is 0.165. The fourth-order valence-electron chi connectivity index (χ4n) is 7.80. The molecule has 4 bridgehead atoms. The third-order valence-corrected chi connectivity index (χ3v) is 9.54. The average Bonchev–Trinajstić information content (AvgIpc) is 2.86. The molecule has 0 unspecified atom stereocenters. The first-order chi connectivity index (χ1) is 19.1. The van der Waals surface area contributed by atoms with Crippen LogP contribution in [-0.2, 0) is 30.3 Å². The molecule has 3 nitrogen and oxygen atoms in total. The summed E-state index contributed by atoms with van der Waals surface area (Å²) in [4.78, 5) is 16.6. The van der Waals surface area contributed by atoms with E-state index in [2.05, 4.69) is 62.4 Å². The van der Waals surface area contributed by atoms with Gasteiger partial charge in [-0.15, -0.1) is 34.9 Å². The molecule has 0 aliphatic heterocycles. The number of aliphatic hydroxyl groups excluding tert-OH is 1. The van der Waals surface area contributed by atoms with Gasteiger partial charge in [-0.25, -0.2) is 0 Å². The second-order valence-electron chi connectivity index (χ2n) is 15.4. The number of carbonyl (C=O) groups excluding carboxylic acids is 1. The van der Waals surface area contributed by atoms with Gasteiger partial charge in [0.15, 0.2) is 5.78 Å². The Morgan fingerprint density at radius 1 is 0.905 bits per heavy atom. The van der Waals surface area contributed by atoms with Crippen molar-refractivity contribution < 1.29 is 30.0 Å². The zero-order valence-electron chi connectivity index (χ0n) is 26.7. The smallest absolute Gasteiger partial charge is 0.164 e. The molecule has 4 aliphatic carbocycles. The van der Waals surface area contributed by atoms with E-state index in [4.69, 9.17) is 4.98 Å². The zero-order valence-corrected chi connectivity index (χ0v) is 29.1. The molecule has 2 aromatic carbocycles. The van der Waals surface area contributed by atoms with Gasteiger partial charge in [0.25, 0.3) is 0 Å². The van der Waals surface area contributed by atoms with Gasteiger partial charge in [0, 0.05) is 42.4 Å². The molecule has 42 heavy (non-hydrogen) atoms. The maximum Gasteiger partial charge on any atom is 0.164 e. The number of nitrogens with zero attached hydrogens (tertiary/aromatic N) is 1. The van der Waals surface area contributed by atoms with Crippen LogP contribution in [0.4, 0.5) is 0 Å². The summed E-state index contributed by atoms with van der Waals surface area (Å²) in [6.45, 7) is 15.4. The first-order valence-electron chi connectivity index (χ1n) is 15.5. The number of ketones is 1. The van der Waals surface area contributed by atoms with Crippen molar-refractivity contribution in [2.24, 2.45) is 28.6 Å². The van der Waals surface area contributed by atoms with E-state index in [1.807, 2.05) is 41.5 Å². The Labute approximate surface area is 267 Å². The molecule has 3 aromatic rings. The summed E-state index contributed by atoms with van der Waals surface area (Å²) in [6, 6.07) is 19.3. The number of aryl methyl sites for hydroxylation is 2. The molecule has 1 radical (unpaired) electrons. The summed E-state index contributed by atoms with van der Waals surface area (Å²) in [5.74, 6) is 3.02. The van der Waals surface area contributed by atoms with E-state index in [0.29, 0.717) is 5.41 Å². The third-order valence-electron chi connectivity index (χ3n) is 9.54. The van der Waals surface area contributed by atoms with Crippen molar-refractivity contribution in [2.75, 3.05) is 0 Å². The minimum Gasteiger partial charge on any atom is -0.512 e. The first kappa shape index (κ1) is 32.6. The topological polar surface area (TPSA) is 50.2 Å². The van der Waals surface area contributed by atoms with Gasteiger partial charge in [0.2, 0.25) is 0 Å². The van der Waals surface area contributed by atoms with Crippen molar-refractivity contribution in [1.29, 1.82) is 0 Å². The van der Waals surface area contributed by atoms with Gasteiger partial charge in [-0.05, 0) is 79.0 Å². The van der Waals surface area contributed by atoms with Crippen LogP contribution in [0.2, 0.25) is 0 Å². The van der Waals surface area contributed by atoms with E-state index in [1.165, 1.54) is 61.1 Å². The molecule has 227 valence electrons. The Hall–Kier alpha value is -2.29. The van der Waals surface area contributed by atoms with Gasteiger partial charge in [0.1, 0.15) is 5.76 Å². The number of benzene rings is 2. The van der Waals surface area contributed by atoms with E-state index in [1.54, 1.807) is 5.56 Å². The van der Waals surface area contributed by atoms with Gasteiger partial charge >= 0.3 is 0 Å². The minimum absolute atomic E-state index is 0.